The summed E-state index contributed by atoms with van der Waals surface area (Å²) in [6.07, 6.45) is 5.26. The fourth-order valence-corrected chi connectivity index (χ4v) is 4.88. The summed E-state index contributed by atoms with van der Waals surface area (Å²) in [7, 11) is 0. The summed E-state index contributed by atoms with van der Waals surface area (Å²) in [5.41, 5.74) is 2.07. The maximum atomic E-state index is 5.96. The minimum atomic E-state index is -0.153. The van der Waals surface area contributed by atoms with Crippen molar-refractivity contribution in [2.45, 2.75) is 58.0 Å². The number of fused-ring (bicyclic) bond motifs is 5. The average molecular weight is 373 g/mol. The summed E-state index contributed by atoms with van der Waals surface area (Å²) in [5.74, 6) is 0.795. The van der Waals surface area contributed by atoms with Gasteiger partial charge in [-0.15, -0.1) is 16.4 Å². The topological polar surface area (TPSA) is 73.6 Å². The van der Waals surface area contributed by atoms with Crippen molar-refractivity contribution in [3.8, 4) is 0 Å². The molecule has 0 saturated carbocycles. The van der Waals surface area contributed by atoms with Crippen LogP contribution in [-0.4, -0.2) is 44.4 Å². The molecule has 3 aromatic rings. The van der Waals surface area contributed by atoms with Gasteiger partial charge >= 0.3 is 0 Å². The molecule has 3 aromatic heterocycles. The molecule has 5 rings (SSSR count). The molecule has 7 nitrogen and oxygen atoms in total. The van der Waals surface area contributed by atoms with Gasteiger partial charge in [-0.25, -0.2) is 14.5 Å². The monoisotopic (exact) mass is 373 g/mol. The molecule has 26 heavy (non-hydrogen) atoms. The van der Waals surface area contributed by atoms with Crippen LogP contribution in [0.15, 0.2) is 6.33 Å². The van der Waals surface area contributed by atoms with Gasteiger partial charge in [0.05, 0.1) is 30.2 Å². The maximum absolute atomic E-state index is 5.96. The molecule has 0 radical (unpaired) electrons. The summed E-state index contributed by atoms with van der Waals surface area (Å²) < 4.78 is 13.4. The Bertz CT molecular complexity index is 957. The quantitative estimate of drug-likeness (QED) is 0.757. The Hall–Kier alpha value is -1.61. The Morgan fingerprint density at radius 1 is 1.42 bits per heavy atom. The van der Waals surface area contributed by atoms with Gasteiger partial charge in [-0.3, -0.25) is 0 Å². The van der Waals surface area contributed by atoms with Crippen LogP contribution in [-0.2, 0) is 29.0 Å². The second-order valence-electron chi connectivity index (χ2n) is 7.72. The highest BCUT2D eigenvalue weighted by atomic mass is 32.1. The fraction of sp³-hybridized carbons (Fsp3) is 0.611. The molecule has 5 heterocycles. The zero-order valence-corrected chi connectivity index (χ0v) is 15.9. The van der Waals surface area contributed by atoms with Gasteiger partial charge in [-0.1, -0.05) is 0 Å². The minimum absolute atomic E-state index is 0.153. The van der Waals surface area contributed by atoms with Crippen molar-refractivity contribution < 1.29 is 9.47 Å². The first kappa shape index (κ1) is 16.6. The first-order valence-corrected chi connectivity index (χ1v) is 10.0. The average Bonchev–Trinajstić information content (AvgIpc) is 3.31. The van der Waals surface area contributed by atoms with Crippen LogP contribution in [0.1, 0.15) is 43.0 Å². The Kier molecular flexibility index (Phi) is 3.97. The zero-order chi connectivity index (χ0) is 17.7. The molecular weight excluding hydrogens is 350 g/mol. The molecular formula is C18H23N5O2S. The normalized spacial score (nSPS) is 22.3. The molecule has 0 bridgehead atoms. The number of thiophene rings is 1. The second-order valence-corrected chi connectivity index (χ2v) is 8.80. The van der Waals surface area contributed by atoms with E-state index < -0.39 is 0 Å². The molecule has 0 unspecified atom stereocenters. The van der Waals surface area contributed by atoms with E-state index in [2.05, 4.69) is 29.2 Å². The van der Waals surface area contributed by atoms with Gasteiger partial charge in [-0.05, 0) is 32.3 Å². The number of ether oxygens (including phenoxy) is 2. The third-order valence-electron chi connectivity index (χ3n) is 5.13. The van der Waals surface area contributed by atoms with E-state index in [0.717, 1.165) is 54.1 Å². The predicted octanol–water partition coefficient (Wildman–Crippen LogP) is 2.46. The van der Waals surface area contributed by atoms with Gasteiger partial charge < -0.3 is 14.8 Å². The number of hydrogen-bond acceptors (Lipinski definition) is 7. The van der Waals surface area contributed by atoms with Crippen LogP contribution in [0.4, 0.5) is 0 Å². The van der Waals surface area contributed by atoms with E-state index in [1.165, 1.54) is 10.4 Å². The summed E-state index contributed by atoms with van der Waals surface area (Å²) in [4.78, 5) is 11.7. The molecule has 1 fully saturated rings. The third-order valence-corrected chi connectivity index (χ3v) is 6.24. The van der Waals surface area contributed by atoms with Crippen molar-refractivity contribution in [1.82, 2.24) is 24.9 Å². The van der Waals surface area contributed by atoms with Gasteiger partial charge in [0.2, 0.25) is 0 Å². The number of nitrogens with one attached hydrogen (secondary N) is 1. The lowest BCUT2D eigenvalue weighted by molar-refractivity contribution is -0.0379. The number of aromatic nitrogens is 4. The van der Waals surface area contributed by atoms with E-state index in [1.807, 2.05) is 0 Å². The van der Waals surface area contributed by atoms with Crippen molar-refractivity contribution in [3.63, 3.8) is 0 Å². The number of hydrogen-bond donors (Lipinski definition) is 1. The highest BCUT2D eigenvalue weighted by Crippen LogP contribution is 2.39. The van der Waals surface area contributed by atoms with Gasteiger partial charge in [0.25, 0.3) is 0 Å². The van der Waals surface area contributed by atoms with E-state index >= 15 is 0 Å². The van der Waals surface area contributed by atoms with Gasteiger partial charge in [-0.2, -0.15) is 0 Å². The van der Waals surface area contributed by atoms with E-state index in [0.29, 0.717) is 19.3 Å². The fourth-order valence-electron chi connectivity index (χ4n) is 3.81. The summed E-state index contributed by atoms with van der Waals surface area (Å²) in [5, 5.41) is 9.17. The van der Waals surface area contributed by atoms with E-state index in [-0.39, 0.29) is 5.60 Å². The molecule has 1 atom stereocenters. The smallest absolute Gasteiger partial charge is 0.168 e. The summed E-state index contributed by atoms with van der Waals surface area (Å²) in [6, 6.07) is 0. The standard InChI is InChI=1S/C18H23N5O2S/c1-18(2)6-12-13(9-25-18)26-17-15(12)16-21-14(22-23(16)10-20-17)8-19-7-11-4-3-5-24-11/h10-11,19H,3-9H2,1-2H3/t11-/m1/s1. The number of rotatable bonds is 4. The van der Waals surface area contributed by atoms with Crippen molar-refractivity contribution >= 4 is 27.2 Å². The zero-order valence-electron chi connectivity index (χ0n) is 15.1. The van der Waals surface area contributed by atoms with E-state index in [4.69, 9.17) is 14.5 Å². The van der Waals surface area contributed by atoms with E-state index in [1.54, 1.807) is 22.2 Å². The van der Waals surface area contributed by atoms with Gasteiger partial charge in [0, 0.05) is 24.4 Å². The highest BCUT2D eigenvalue weighted by molar-refractivity contribution is 7.19. The van der Waals surface area contributed by atoms with Crippen LogP contribution >= 0.6 is 11.3 Å². The maximum Gasteiger partial charge on any atom is 0.168 e. The molecule has 2 aliphatic rings. The SMILES string of the molecule is CC1(C)Cc2c(sc3ncn4nc(CNC[C@H]5CCCO5)nc4c23)CO1. The highest BCUT2D eigenvalue weighted by Gasteiger charge is 2.30. The second kappa shape index (κ2) is 6.23. The molecule has 0 amide bonds. The van der Waals surface area contributed by atoms with Crippen molar-refractivity contribution in [2.75, 3.05) is 13.2 Å². The Labute approximate surface area is 155 Å². The van der Waals surface area contributed by atoms with Crippen LogP contribution in [0.25, 0.3) is 15.9 Å². The lowest BCUT2D eigenvalue weighted by atomic mass is 9.94. The van der Waals surface area contributed by atoms with Crippen LogP contribution in [0, 0.1) is 0 Å². The lowest BCUT2D eigenvalue weighted by Crippen LogP contribution is -2.31. The molecule has 0 spiro atoms. The van der Waals surface area contributed by atoms with Crippen molar-refractivity contribution in [1.29, 1.82) is 0 Å². The first-order valence-electron chi connectivity index (χ1n) is 9.20. The third kappa shape index (κ3) is 2.90. The van der Waals surface area contributed by atoms with E-state index in [9.17, 15) is 0 Å². The van der Waals surface area contributed by atoms with Crippen LogP contribution in [0.3, 0.4) is 0 Å². The Morgan fingerprint density at radius 3 is 3.19 bits per heavy atom. The molecule has 1 N–H and O–H groups in total. The van der Waals surface area contributed by atoms with Crippen LogP contribution in [0.5, 0.6) is 0 Å². The Morgan fingerprint density at radius 2 is 2.35 bits per heavy atom. The van der Waals surface area contributed by atoms with Crippen molar-refractivity contribution in [2.24, 2.45) is 0 Å². The lowest BCUT2D eigenvalue weighted by Gasteiger charge is -2.30. The largest absolute Gasteiger partial charge is 0.377 e. The van der Waals surface area contributed by atoms with Crippen molar-refractivity contribution in [3.05, 3.63) is 22.6 Å². The minimum Gasteiger partial charge on any atom is -0.377 e. The first-order chi connectivity index (χ1) is 12.6. The molecule has 0 aliphatic carbocycles. The van der Waals surface area contributed by atoms with Gasteiger partial charge in [0.15, 0.2) is 11.5 Å². The Balaban J connectivity index is 1.46. The van der Waals surface area contributed by atoms with Crippen LogP contribution < -0.4 is 5.32 Å². The summed E-state index contributed by atoms with van der Waals surface area (Å²) >= 11 is 1.71. The number of nitrogens with zero attached hydrogens (tertiary/aromatic N) is 4. The molecule has 8 heteroatoms. The molecule has 1 saturated heterocycles. The van der Waals surface area contributed by atoms with Crippen LogP contribution in [0.2, 0.25) is 0 Å². The predicted molar refractivity (Wildman–Crippen MR) is 99.4 cm³/mol. The summed E-state index contributed by atoms with van der Waals surface area (Å²) in [6.45, 7) is 7.30. The molecule has 2 aliphatic heterocycles. The molecule has 138 valence electrons. The molecule has 0 aromatic carbocycles. The van der Waals surface area contributed by atoms with Gasteiger partial charge in [0.1, 0.15) is 11.2 Å².